The standard InChI is InChI=1S/C13H14ClN3O3/c1-17-5-4-11(16-17)15-13(18)8-6-9(14)12(20-3)10(7-8)19-2/h4-7H,1-3H3,(H,15,16,18). The lowest BCUT2D eigenvalue weighted by Crippen LogP contribution is -2.13. The predicted molar refractivity (Wildman–Crippen MR) is 75.7 cm³/mol. The number of nitrogens with one attached hydrogen (secondary N) is 1. The third-order valence-corrected chi connectivity index (χ3v) is 2.93. The van der Waals surface area contributed by atoms with Crippen LogP contribution in [-0.4, -0.2) is 29.9 Å². The molecule has 0 atom stereocenters. The van der Waals surface area contributed by atoms with Crippen LogP contribution in [0.1, 0.15) is 10.4 Å². The van der Waals surface area contributed by atoms with Gasteiger partial charge in [-0.1, -0.05) is 11.6 Å². The molecule has 0 fully saturated rings. The van der Waals surface area contributed by atoms with Gasteiger partial charge in [0.2, 0.25) is 0 Å². The van der Waals surface area contributed by atoms with Crippen molar-refractivity contribution in [3.8, 4) is 11.5 Å². The zero-order valence-corrected chi connectivity index (χ0v) is 12.1. The Hall–Kier alpha value is -2.21. The molecule has 0 saturated heterocycles. The number of ether oxygens (including phenoxy) is 2. The van der Waals surface area contributed by atoms with E-state index in [1.165, 1.54) is 20.3 Å². The number of carbonyl (C=O) groups is 1. The molecule has 0 aliphatic heterocycles. The number of amides is 1. The molecular formula is C13H14ClN3O3. The zero-order valence-electron chi connectivity index (χ0n) is 11.3. The Morgan fingerprint density at radius 1 is 1.35 bits per heavy atom. The largest absolute Gasteiger partial charge is 0.493 e. The highest BCUT2D eigenvalue weighted by atomic mass is 35.5. The quantitative estimate of drug-likeness (QED) is 0.940. The Balaban J connectivity index is 2.28. The summed E-state index contributed by atoms with van der Waals surface area (Å²) < 4.78 is 11.9. The summed E-state index contributed by atoms with van der Waals surface area (Å²) >= 11 is 6.06. The zero-order chi connectivity index (χ0) is 14.7. The molecule has 1 N–H and O–H groups in total. The summed E-state index contributed by atoms with van der Waals surface area (Å²) in [5, 5.41) is 7.04. The highest BCUT2D eigenvalue weighted by Crippen LogP contribution is 2.36. The minimum Gasteiger partial charge on any atom is -0.493 e. The van der Waals surface area contributed by atoms with E-state index in [-0.39, 0.29) is 5.91 Å². The van der Waals surface area contributed by atoms with E-state index >= 15 is 0 Å². The summed E-state index contributed by atoms with van der Waals surface area (Å²) in [6, 6.07) is 4.77. The van der Waals surface area contributed by atoms with Crippen LogP contribution in [0.3, 0.4) is 0 Å². The van der Waals surface area contributed by atoms with Gasteiger partial charge in [0, 0.05) is 24.9 Å². The van der Waals surface area contributed by atoms with E-state index in [1.807, 2.05) is 0 Å². The lowest BCUT2D eigenvalue weighted by atomic mass is 10.2. The van der Waals surface area contributed by atoms with Gasteiger partial charge in [0.15, 0.2) is 17.3 Å². The highest BCUT2D eigenvalue weighted by Gasteiger charge is 2.15. The Morgan fingerprint density at radius 2 is 2.10 bits per heavy atom. The number of hydrogen-bond acceptors (Lipinski definition) is 4. The average Bonchev–Trinajstić information content (AvgIpc) is 2.82. The topological polar surface area (TPSA) is 65.4 Å². The number of benzene rings is 1. The average molecular weight is 296 g/mol. The Morgan fingerprint density at radius 3 is 2.65 bits per heavy atom. The van der Waals surface area contributed by atoms with Crippen LogP contribution in [-0.2, 0) is 7.05 Å². The van der Waals surface area contributed by atoms with Crippen LogP contribution in [0.4, 0.5) is 5.82 Å². The van der Waals surface area contributed by atoms with Crippen molar-refractivity contribution < 1.29 is 14.3 Å². The number of aryl methyl sites for hydroxylation is 1. The third-order valence-electron chi connectivity index (χ3n) is 2.65. The molecule has 106 valence electrons. The molecule has 0 bridgehead atoms. The van der Waals surface area contributed by atoms with Crippen molar-refractivity contribution in [1.82, 2.24) is 9.78 Å². The molecule has 0 aliphatic rings. The SMILES string of the molecule is COc1cc(C(=O)Nc2ccn(C)n2)cc(Cl)c1OC. The van der Waals surface area contributed by atoms with Crippen LogP contribution in [0.15, 0.2) is 24.4 Å². The van der Waals surface area contributed by atoms with Crippen LogP contribution in [0, 0.1) is 0 Å². The first-order valence-corrected chi connectivity index (χ1v) is 6.15. The Bertz CT molecular complexity index is 640. The molecule has 20 heavy (non-hydrogen) atoms. The number of rotatable bonds is 4. The number of halogens is 1. The second-order valence-electron chi connectivity index (χ2n) is 4.02. The van der Waals surface area contributed by atoms with Crippen LogP contribution in [0.2, 0.25) is 5.02 Å². The van der Waals surface area contributed by atoms with Gasteiger partial charge < -0.3 is 14.8 Å². The summed E-state index contributed by atoms with van der Waals surface area (Å²) in [5.74, 6) is 0.921. The lowest BCUT2D eigenvalue weighted by molar-refractivity contribution is 0.102. The number of anilines is 1. The summed E-state index contributed by atoms with van der Waals surface area (Å²) in [7, 11) is 4.73. The number of hydrogen-bond donors (Lipinski definition) is 1. The smallest absolute Gasteiger partial charge is 0.257 e. The molecule has 0 unspecified atom stereocenters. The minimum atomic E-state index is -0.327. The van der Waals surface area contributed by atoms with Gasteiger partial charge in [-0.2, -0.15) is 5.10 Å². The normalized spacial score (nSPS) is 10.2. The van der Waals surface area contributed by atoms with Gasteiger partial charge >= 0.3 is 0 Å². The van der Waals surface area contributed by atoms with Crippen LogP contribution < -0.4 is 14.8 Å². The molecule has 2 rings (SSSR count). The summed E-state index contributed by atoms with van der Waals surface area (Å²) in [6.45, 7) is 0. The van der Waals surface area contributed by atoms with Crippen molar-refractivity contribution >= 4 is 23.3 Å². The van der Waals surface area contributed by atoms with Crippen LogP contribution >= 0.6 is 11.6 Å². The van der Waals surface area contributed by atoms with Crippen molar-refractivity contribution in [3.05, 3.63) is 35.0 Å². The van der Waals surface area contributed by atoms with Gasteiger partial charge in [0.1, 0.15) is 0 Å². The molecule has 1 aromatic carbocycles. The molecular weight excluding hydrogens is 282 g/mol. The summed E-state index contributed by atoms with van der Waals surface area (Å²) in [5.41, 5.74) is 0.360. The predicted octanol–water partition coefficient (Wildman–Crippen LogP) is 2.34. The van der Waals surface area contributed by atoms with E-state index < -0.39 is 0 Å². The second-order valence-corrected chi connectivity index (χ2v) is 4.43. The number of carbonyl (C=O) groups excluding carboxylic acids is 1. The first-order valence-electron chi connectivity index (χ1n) is 5.77. The maximum absolute atomic E-state index is 12.1. The van der Waals surface area contributed by atoms with Crippen molar-refractivity contribution in [3.63, 3.8) is 0 Å². The molecule has 1 heterocycles. The van der Waals surface area contributed by atoms with Gasteiger partial charge in [-0.25, -0.2) is 0 Å². The fourth-order valence-corrected chi connectivity index (χ4v) is 2.01. The number of nitrogens with zero attached hydrogens (tertiary/aromatic N) is 2. The van der Waals surface area contributed by atoms with Crippen molar-refractivity contribution in [1.29, 1.82) is 0 Å². The fourth-order valence-electron chi connectivity index (χ4n) is 1.72. The third kappa shape index (κ3) is 2.85. The van der Waals surface area contributed by atoms with Crippen molar-refractivity contribution in [2.45, 2.75) is 0 Å². The van der Waals surface area contributed by atoms with Gasteiger partial charge in [-0.15, -0.1) is 0 Å². The first-order chi connectivity index (χ1) is 9.55. The maximum atomic E-state index is 12.1. The van der Waals surface area contributed by atoms with E-state index in [2.05, 4.69) is 10.4 Å². The summed E-state index contributed by atoms with van der Waals surface area (Å²) in [6.07, 6.45) is 1.73. The lowest BCUT2D eigenvalue weighted by Gasteiger charge is -2.11. The van der Waals surface area contributed by atoms with E-state index in [9.17, 15) is 4.79 Å². The van der Waals surface area contributed by atoms with Gasteiger partial charge in [0.05, 0.1) is 19.2 Å². The van der Waals surface area contributed by atoms with Gasteiger partial charge in [-0.05, 0) is 12.1 Å². The second kappa shape index (κ2) is 5.83. The molecule has 6 nitrogen and oxygen atoms in total. The van der Waals surface area contributed by atoms with Crippen molar-refractivity contribution in [2.24, 2.45) is 7.05 Å². The van der Waals surface area contributed by atoms with Gasteiger partial charge in [0.25, 0.3) is 5.91 Å². The molecule has 0 radical (unpaired) electrons. The first kappa shape index (κ1) is 14.2. The van der Waals surface area contributed by atoms with E-state index in [4.69, 9.17) is 21.1 Å². The van der Waals surface area contributed by atoms with Gasteiger partial charge in [-0.3, -0.25) is 9.48 Å². The fraction of sp³-hybridized carbons (Fsp3) is 0.231. The molecule has 2 aromatic rings. The molecule has 1 aromatic heterocycles. The molecule has 1 amide bonds. The van der Waals surface area contributed by atoms with E-state index in [0.717, 1.165) is 0 Å². The number of methoxy groups -OCH3 is 2. The minimum absolute atomic E-state index is 0.304. The highest BCUT2D eigenvalue weighted by molar-refractivity contribution is 6.32. The Labute approximate surface area is 121 Å². The molecule has 7 heteroatoms. The van der Waals surface area contributed by atoms with Crippen molar-refractivity contribution in [2.75, 3.05) is 19.5 Å². The van der Waals surface area contributed by atoms with Crippen LogP contribution in [0.5, 0.6) is 11.5 Å². The van der Waals surface area contributed by atoms with E-state index in [0.29, 0.717) is 27.9 Å². The summed E-state index contributed by atoms with van der Waals surface area (Å²) in [4.78, 5) is 12.1. The Kier molecular flexibility index (Phi) is 4.14. The molecule has 0 saturated carbocycles. The van der Waals surface area contributed by atoms with E-state index in [1.54, 1.807) is 30.1 Å². The van der Waals surface area contributed by atoms with Crippen LogP contribution in [0.25, 0.3) is 0 Å². The molecule has 0 aliphatic carbocycles. The maximum Gasteiger partial charge on any atom is 0.257 e. The number of aromatic nitrogens is 2. The molecule has 0 spiro atoms. The monoisotopic (exact) mass is 295 g/mol.